The number of hydrogen-bond acceptors (Lipinski definition) is 4. The van der Waals surface area contributed by atoms with Gasteiger partial charge < -0.3 is 5.11 Å². The highest BCUT2D eigenvalue weighted by Crippen LogP contribution is 2.23. The van der Waals surface area contributed by atoms with Gasteiger partial charge >= 0.3 is 0 Å². The molecule has 0 bridgehead atoms. The molecule has 1 heterocycles. The minimum Gasteiger partial charge on any atom is -0.392 e. The van der Waals surface area contributed by atoms with Crippen LogP contribution in [0.5, 0.6) is 0 Å². The van der Waals surface area contributed by atoms with Crippen LogP contribution in [0.4, 0.5) is 5.69 Å². The van der Waals surface area contributed by atoms with E-state index >= 15 is 0 Å². The molecule has 0 atom stereocenters. The van der Waals surface area contributed by atoms with Gasteiger partial charge in [0.15, 0.2) is 0 Å². The van der Waals surface area contributed by atoms with Crippen LogP contribution >= 0.6 is 0 Å². The van der Waals surface area contributed by atoms with Crippen LogP contribution in [0, 0.1) is 10.1 Å². The van der Waals surface area contributed by atoms with E-state index in [1.54, 1.807) is 30.6 Å². The molecule has 82 valence electrons. The van der Waals surface area contributed by atoms with Gasteiger partial charge in [-0.05, 0) is 17.7 Å². The lowest BCUT2D eigenvalue weighted by Crippen LogP contribution is -2.01. The van der Waals surface area contributed by atoms with Gasteiger partial charge in [0, 0.05) is 18.5 Å². The fourth-order valence-electron chi connectivity index (χ4n) is 1.42. The highest BCUT2D eigenvalue weighted by atomic mass is 16.6. The molecule has 2 aromatic rings. The maximum atomic E-state index is 10.9. The minimum absolute atomic E-state index is 0.0738. The Morgan fingerprint density at radius 3 is 2.88 bits per heavy atom. The first kappa shape index (κ1) is 10.3. The smallest absolute Gasteiger partial charge is 0.295 e. The van der Waals surface area contributed by atoms with Crippen molar-refractivity contribution in [1.82, 2.24) is 9.78 Å². The molecule has 0 saturated carbocycles. The van der Waals surface area contributed by atoms with Gasteiger partial charge in [-0.25, -0.2) is 4.68 Å². The molecule has 0 fully saturated rings. The third-order valence-electron chi connectivity index (χ3n) is 2.17. The fourth-order valence-corrected chi connectivity index (χ4v) is 1.42. The number of nitrogens with zero attached hydrogens (tertiary/aromatic N) is 3. The molecule has 0 unspecified atom stereocenters. The standard InChI is InChI=1S/C10H9N3O3/c14-7-8-2-3-9(10(6-8)13(15)16)12-5-1-4-11-12/h1-6,14H,7H2. The highest BCUT2D eigenvalue weighted by molar-refractivity contribution is 5.53. The molecular formula is C10H9N3O3. The number of nitro groups is 1. The molecule has 0 saturated heterocycles. The second kappa shape index (κ2) is 4.11. The van der Waals surface area contributed by atoms with E-state index in [2.05, 4.69) is 5.10 Å². The van der Waals surface area contributed by atoms with Crippen LogP contribution in [0.2, 0.25) is 0 Å². The molecule has 1 N–H and O–H groups in total. The molecule has 0 aliphatic carbocycles. The normalized spacial score (nSPS) is 10.3. The molecule has 16 heavy (non-hydrogen) atoms. The van der Waals surface area contributed by atoms with Crippen LogP contribution in [0.15, 0.2) is 36.7 Å². The topological polar surface area (TPSA) is 81.2 Å². The van der Waals surface area contributed by atoms with E-state index < -0.39 is 4.92 Å². The maximum absolute atomic E-state index is 10.9. The summed E-state index contributed by atoms with van der Waals surface area (Å²) in [6.07, 6.45) is 3.17. The van der Waals surface area contributed by atoms with E-state index in [1.165, 1.54) is 10.7 Å². The van der Waals surface area contributed by atoms with Crippen molar-refractivity contribution < 1.29 is 10.0 Å². The third-order valence-corrected chi connectivity index (χ3v) is 2.17. The molecule has 0 spiro atoms. The van der Waals surface area contributed by atoms with Crippen LogP contribution in [-0.4, -0.2) is 19.8 Å². The molecule has 1 aromatic carbocycles. The molecular weight excluding hydrogens is 210 g/mol. The van der Waals surface area contributed by atoms with E-state index in [1.807, 2.05) is 0 Å². The summed E-state index contributed by atoms with van der Waals surface area (Å²) in [5.41, 5.74) is 0.810. The van der Waals surface area contributed by atoms with Crippen LogP contribution in [0.1, 0.15) is 5.56 Å². The second-order valence-electron chi connectivity index (χ2n) is 3.19. The fraction of sp³-hybridized carbons (Fsp3) is 0.100. The SMILES string of the molecule is O=[N+]([O-])c1cc(CO)ccc1-n1cccn1. The number of aliphatic hydroxyl groups excluding tert-OH is 1. The minimum atomic E-state index is -0.490. The molecule has 0 aliphatic heterocycles. The third kappa shape index (κ3) is 1.78. The summed E-state index contributed by atoms with van der Waals surface area (Å²) in [6, 6.07) is 6.22. The summed E-state index contributed by atoms with van der Waals surface area (Å²) in [5, 5.41) is 23.7. The van der Waals surface area contributed by atoms with Gasteiger partial charge in [-0.2, -0.15) is 5.10 Å². The Kier molecular flexibility index (Phi) is 2.65. The predicted molar refractivity (Wildman–Crippen MR) is 56.1 cm³/mol. The number of aliphatic hydroxyl groups is 1. The quantitative estimate of drug-likeness (QED) is 0.622. The van der Waals surface area contributed by atoms with Crippen molar-refractivity contribution in [1.29, 1.82) is 0 Å². The summed E-state index contributed by atoms with van der Waals surface area (Å²) < 4.78 is 1.42. The number of nitro benzene ring substituents is 1. The van der Waals surface area contributed by atoms with Crippen LogP contribution in [0.3, 0.4) is 0 Å². The molecule has 0 aliphatic rings. The Labute approximate surface area is 90.9 Å². The van der Waals surface area contributed by atoms with Gasteiger partial charge in [-0.15, -0.1) is 0 Å². The van der Waals surface area contributed by atoms with Crippen molar-refractivity contribution in [2.75, 3.05) is 0 Å². The van der Waals surface area contributed by atoms with Crippen molar-refractivity contribution >= 4 is 5.69 Å². The van der Waals surface area contributed by atoms with Gasteiger partial charge in [-0.1, -0.05) is 6.07 Å². The molecule has 1 aromatic heterocycles. The van der Waals surface area contributed by atoms with E-state index in [0.717, 1.165) is 0 Å². The van der Waals surface area contributed by atoms with E-state index in [0.29, 0.717) is 11.3 Å². The summed E-state index contributed by atoms with van der Waals surface area (Å²) in [4.78, 5) is 10.4. The van der Waals surface area contributed by atoms with Gasteiger partial charge in [0.05, 0.1) is 11.5 Å². The molecule has 6 nitrogen and oxygen atoms in total. The first-order chi connectivity index (χ1) is 7.72. The lowest BCUT2D eigenvalue weighted by molar-refractivity contribution is -0.384. The zero-order chi connectivity index (χ0) is 11.5. The van der Waals surface area contributed by atoms with Crippen molar-refractivity contribution in [2.45, 2.75) is 6.61 Å². The van der Waals surface area contributed by atoms with Gasteiger partial charge in [-0.3, -0.25) is 10.1 Å². The van der Waals surface area contributed by atoms with Crippen LogP contribution < -0.4 is 0 Å². The van der Waals surface area contributed by atoms with Gasteiger partial charge in [0.2, 0.25) is 0 Å². The lowest BCUT2D eigenvalue weighted by atomic mass is 10.2. The van der Waals surface area contributed by atoms with Crippen molar-refractivity contribution in [3.63, 3.8) is 0 Å². The summed E-state index contributed by atoms with van der Waals surface area (Å²) in [6.45, 7) is -0.222. The van der Waals surface area contributed by atoms with Crippen LogP contribution in [-0.2, 0) is 6.61 Å². The zero-order valence-electron chi connectivity index (χ0n) is 8.28. The molecule has 6 heteroatoms. The van der Waals surface area contributed by atoms with Crippen molar-refractivity contribution in [3.05, 3.63) is 52.3 Å². The predicted octanol–water partition coefficient (Wildman–Crippen LogP) is 1.27. The van der Waals surface area contributed by atoms with Crippen LogP contribution in [0.25, 0.3) is 5.69 Å². The number of hydrogen-bond donors (Lipinski definition) is 1. The first-order valence-electron chi connectivity index (χ1n) is 4.60. The average molecular weight is 219 g/mol. The second-order valence-corrected chi connectivity index (χ2v) is 3.19. The largest absolute Gasteiger partial charge is 0.392 e. The Hall–Kier alpha value is -2.21. The lowest BCUT2D eigenvalue weighted by Gasteiger charge is -2.04. The monoisotopic (exact) mass is 219 g/mol. The molecule has 2 rings (SSSR count). The van der Waals surface area contributed by atoms with E-state index in [9.17, 15) is 10.1 Å². The van der Waals surface area contributed by atoms with Crippen molar-refractivity contribution in [3.8, 4) is 5.69 Å². The van der Waals surface area contributed by atoms with Crippen molar-refractivity contribution in [2.24, 2.45) is 0 Å². The molecule has 0 radical (unpaired) electrons. The van der Waals surface area contributed by atoms with E-state index in [4.69, 9.17) is 5.11 Å². The molecule has 0 amide bonds. The van der Waals surface area contributed by atoms with Gasteiger partial charge in [0.1, 0.15) is 5.69 Å². The average Bonchev–Trinajstić information content (AvgIpc) is 2.81. The van der Waals surface area contributed by atoms with E-state index in [-0.39, 0.29) is 12.3 Å². The number of aromatic nitrogens is 2. The Balaban J connectivity index is 2.57. The Morgan fingerprint density at radius 1 is 1.50 bits per heavy atom. The summed E-state index contributed by atoms with van der Waals surface area (Å²) in [5.74, 6) is 0. The number of benzene rings is 1. The zero-order valence-corrected chi connectivity index (χ0v) is 8.28. The summed E-state index contributed by atoms with van der Waals surface area (Å²) >= 11 is 0. The van der Waals surface area contributed by atoms with Gasteiger partial charge in [0.25, 0.3) is 5.69 Å². The summed E-state index contributed by atoms with van der Waals surface area (Å²) in [7, 11) is 0. The highest BCUT2D eigenvalue weighted by Gasteiger charge is 2.15. The Bertz CT molecular complexity index is 508. The Morgan fingerprint density at radius 2 is 2.31 bits per heavy atom. The first-order valence-corrected chi connectivity index (χ1v) is 4.60. The maximum Gasteiger partial charge on any atom is 0.295 e. The number of rotatable bonds is 3.